The maximum absolute atomic E-state index is 5.28. The molecule has 0 radical (unpaired) electrons. The Hall–Kier alpha value is -1.67. The number of hydrogen-bond acceptors (Lipinski definition) is 6. The number of guanidine groups is 1. The van der Waals surface area contributed by atoms with Crippen LogP contribution in [0.5, 0.6) is 0 Å². The largest absolute Gasteiger partial charge is 0.383 e. The molecule has 0 aliphatic heterocycles. The van der Waals surface area contributed by atoms with E-state index in [0.717, 1.165) is 0 Å². The Bertz CT molecular complexity index is 299. The minimum absolute atomic E-state index is 0.514. The molecule has 0 saturated heterocycles. The number of aliphatic imine (C=N–C) groups is 1. The predicted octanol–water partition coefficient (Wildman–Crippen LogP) is -1.33. The van der Waals surface area contributed by atoms with Crippen LogP contribution in [0.15, 0.2) is 15.9 Å². The molecule has 0 fully saturated rings. The number of hydrogen-bond donors (Lipinski definition) is 3. The highest BCUT2D eigenvalue weighted by Gasteiger charge is 1.99. The SMILES string of the molecule is COCCN=C(NN)NCCc1ncon1. The van der Waals surface area contributed by atoms with Crippen LogP contribution in [0.1, 0.15) is 5.82 Å². The van der Waals surface area contributed by atoms with Gasteiger partial charge in [-0.15, -0.1) is 0 Å². The van der Waals surface area contributed by atoms with Gasteiger partial charge in [-0.25, -0.2) is 10.8 Å². The normalized spacial score (nSPS) is 11.5. The van der Waals surface area contributed by atoms with Crippen molar-refractivity contribution in [2.75, 3.05) is 26.8 Å². The highest BCUT2D eigenvalue weighted by Crippen LogP contribution is 1.87. The van der Waals surface area contributed by atoms with Gasteiger partial charge in [-0.05, 0) is 0 Å². The third-order valence-corrected chi connectivity index (χ3v) is 1.75. The van der Waals surface area contributed by atoms with Gasteiger partial charge in [0.2, 0.25) is 12.4 Å². The summed E-state index contributed by atoms with van der Waals surface area (Å²) < 4.78 is 9.47. The molecule has 1 aromatic rings. The van der Waals surface area contributed by atoms with Gasteiger partial charge in [0.1, 0.15) is 0 Å². The molecule has 0 unspecified atom stereocenters. The second kappa shape index (κ2) is 7.60. The van der Waals surface area contributed by atoms with Crippen LogP contribution in [0, 0.1) is 0 Å². The summed E-state index contributed by atoms with van der Waals surface area (Å²) in [6.07, 6.45) is 1.94. The van der Waals surface area contributed by atoms with E-state index in [2.05, 4.69) is 30.4 Å². The maximum atomic E-state index is 5.28. The minimum Gasteiger partial charge on any atom is -0.383 e. The second-order valence-electron chi connectivity index (χ2n) is 2.89. The lowest BCUT2D eigenvalue weighted by atomic mass is 10.4. The van der Waals surface area contributed by atoms with Crippen LogP contribution in [0.25, 0.3) is 0 Å². The number of nitrogens with one attached hydrogen (secondary N) is 2. The van der Waals surface area contributed by atoms with Crippen LogP contribution in [0.3, 0.4) is 0 Å². The van der Waals surface area contributed by atoms with E-state index in [1.54, 1.807) is 7.11 Å². The Balaban J connectivity index is 2.20. The molecule has 0 aromatic carbocycles. The summed E-state index contributed by atoms with van der Waals surface area (Å²) in [4.78, 5) is 8.02. The Labute approximate surface area is 93.2 Å². The average Bonchev–Trinajstić information content (AvgIpc) is 2.80. The van der Waals surface area contributed by atoms with E-state index in [-0.39, 0.29) is 0 Å². The standard InChI is InChI=1S/C8H16N6O2/c1-15-5-4-11-8(13-9)10-3-2-7-12-6-16-14-7/h6H,2-5,9H2,1H3,(H2,10,11,13). The number of rotatable bonds is 6. The zero-order valence-corrected chi connectivity index (χ0v) is 9.14. The van der Waals surface area contributed by atoms with Gasteiger partial charge < -0.3 is 14.6 Å². The quantitative estimate of drug-likeness (QED) is 0.182. The zero-order valence-electron chi connectivity index (χ0n) is 9.14. The molecule has 8 nitrogen and oxygen atoms in total. The molecule has 0 aliphatic rings. The van der Waals surface area contributed by atoms with E-state index < -0.39 is 0 Å². The van der Waals surface area contributed by atoms with Crippen LogP contribution in [0.4, 0.5) is 0 Å². The lowest BCUT2D eigenvalue weighted by molar-refractivity contribution is 0.208. The molecule has 0 atom stereocenters. The summed E-state index contributed by atoms with van der Waals surface area (Å²) in [6, 6.07) is 0. The topological polar surface area (TPSA) is 111 Å². The molecule has 1 aromatic heterocycles. The first-order chi connectivity index (χ1) is 7.86. The molecule has 0 bridgehead atoms. The Morgan fingerprint density at radius 3 is 3.19 bits per heavy atom. The summed E-state index contributed by atoms with van der Waals surface area (Å²) in [6.45, 7) is 1.72. The molecule has 16 heavy (non-hydrogen) atoms. The fourth-order valence-corrected chi connectivity index (χ4v) is 0.997. The van der Waals surface area contributed by atoms with Gasteiger partial charge in [-0.1, -0.05) is 5.16 Å². The van der Waals surface area contributed by atoms with Gasteiger partial charge in [-0.3, -0.25) is 5.43 Å². The summed E-state index contributed by atoms with van der Waals surface area (Å²) in [5, 5.41) is 6.68. The summed E-state index contributed by atoms with van der Waals surface area (Å²) in [7, 11) is 1.62. The maximum Gasteiger partial charge on any atom is 0.213 e. The molecule has 8 heteroatoms. The number of nitrogens with zero attached hydrogens (tertiary/aromatic N) is 3. The highest BCUT2D eigenvalue weighted by molar-refractivity contribution is 5.79. The number of nitrogens with two attached hydrogens (primary N) is 1. The molecule has 0 amide bonds. The van der Waals surface area contributed by atoms with Crippen molar-refractivity contribution >= 4 is 5.96 Å². The number of hydrazine groups is 1. The van der Waals surface area contributed by atoms with E-state index in [0.29, 0.717) is 37.9 Å². The summed E-state index contributed by atoms with van der Waals surface area (Å²) in [5.74, 6) is 6.43. The van der Waals surface area contributed by atoms with Crippen LogP contribution in [-0.4, -0.2) is 42.9 Å². The number of aromatic nitrogens is 2. The molecule has 90 valence electrons. The van der Waals surface area contributed by atoms with E-state index in [1.165, 1.54) is 6.39 Å². The van der Waals surface area contributed by atoms with Crippen LogP contribution in [-0.2, 0) is 11.2 Å². The van der Waals surface area contributed by atoms with Gasteiger partial charge in [-0.2, -0.15) is 4.98 Å². The van der Waals surface area contributed by atoms with E-state index in [4.69, 9.17) is 10.6 Å². The highest BCUT2D eigenvalue weighted by atomic mass is 16.5. The predicted molar refractivity (Wildman–Crippen MR) is 57.5 cm³/mol. The number of ether oxygens (including phenoxy) is 1. The van der Waals surface area contributed by atoms with Gasteiger partial charge in [0, 0.05) is 20.1 Å². The minimum atomic E-state index is 0.514. The average molecular weight is 228 g/mol. The van der Waals surface area contributed by atoms with Crippen molar-refractivity contribution < 1.29 is 9.26 Å². The molecule has 4 N–H and O–H groups in total. The van der Waals surface area contributed by atoms with Crippen LogP contribution >= 0.6 is 0 Å². The Morgan fingerprint density at radius 1 is 1.69 bits per heavy atom. The third kappa shape index (κ3) is 4.71. The lowest BCUT2D eigenvalue weighted by Crippen LogP contribution is -2.42. The summed E-state index contributed by atoms with van der Waals surface area (Å²) in [5.41, 5.74) is 2.46. The van der Waals surface area contributed by atoms with Crippen molar-refractivity contribution in [2.45, 2.75) is 6.42 Å². The lowest BCUT2D eigenvalue weighted by Gasteiger charge is -2.07. The fraction of sp³-hybridized carbons (Fsp3) is 0.625. The first-order valence-electron chi connectivity index (χ1n) is 4.86. The summed E-state index contributed by atoms with van der Waals surface area (Å²) >= 11 is 0. The first-order valence-corrected chi connectivity index (χ1v) is 4.86. The Morgan fingerprint density at radius 2 is 2.56 bits per heavy atom. The van der Waals surface area contributed by atoms with Crippen molar-refractivity contribution in [3.8, 4) is 0 Å². The van der Waals surface area contributed by atoms with Crippen LogP contribution in [0.2, 0.25) is 0 Å². The van der Waals surface area contributed by atoms with E-state index in [9.17, 15) is 0 Å². The number of methoxy groups -OCH3 is 1. The molecule has 0 saturated carbocycles. The van der Waals surface area contributed by atoms with Crippen molar-refractivity contribution in [3.05, 3.63) is 12.2 Å². The fourth-order valence-electron chi connectivity index (χ4n) is 0.997. The molecule has 1 heterocycles. The monoisotopic (exact) mass is 228 g/mol. The first kappa shape index (κ1) is 12.4. The van der Waals surface area contributed by atoms with Crippen molar-refractivity contribution in [1.82, 2.24) is 20.9 Å². The molecular formula is C8H16N6O2. The third-order valence-electron chi connectivity index (χ3n) is 1.75. The Kier molecular flexibility index (Phi) is 5.89. The zero-order chi connectivity index (χ0) is 11.6. The van der Waals surface area contributed by atoms with Gasteiger partial charge >= 0.3 is 0 Å². The smallest absolute Gasteiger partial charge is 0.213 e. The molecule has 0 aliphatic carbocycles. The molecule has 0 spiro atoms. The second-order valence-corrected chi connectivity index (χ2v) is 2.89. The molecule has 1 rings (SSSR count). The van der Waals surface area contributed by atoms with Crippen molar-refractivity contribution in [1.29, 1.82) is 0 Å². The van der Waals surface area contributed by atoms with Gasteiger partial charge in [0.25, 0.3) is 0 Å². The van der Waals surface area contributed by atoms with Crippen molar-refractivity contribution in [2.24, 2.45) is 10.8 Å². The molecular weight excluding hydrogens is 212 g/mol. The van der Waals surface area contributed by atoms with Gasteiger partial charge in [0.05, 0.1) is 13.2 Å². The van der Waals surface area contributed by atoms with E-state index >= 15 is 0 Å². The van der Waals surface area contributed by atoms with Crippen molar-refractivity contribution in [3.63, 3.8) is 0 Å². The van der Waals surface area contributed by atoms with Gasteiger partial charge in [0.15, 0.2) is 5.82 Å². The van der Waals surface area contributed by atoms with Crippen LogP contribution < -0.4 is 16.6 Å². The van der Waals surface area contributed by atoms with E-state index in [1.807, 2.05) is 0 Å².